The number of benzene rings is 1. The van der Waals surface area contributed by atoms with Gasteiger partial charge in [0.15, 0.2) is 5.78 Å². The molecular weight excluding hydrogens is 300 g/mol. The first kappa shape index (κ1) is 16.9. The summed E-state index contributed by atoms with van der Waals surface area (Å²) in [5, 5.41) is 4.35. The zero-order valence-electron chi connectivity index (χ0n) is 14.5. The van der Waals surface area contributed by atoms with E-state index in [1.165, 1.54) is 12.8 Å². The number of nitrogens with zero attached hydrogens (tertiary/aromatic N) is 1. The molecule has 1 aromatic carbocycles. The fourth-order valence-corrected chi connectivity index (χ4v) is 3.78. The van der Waals surface area contributed by atoms with Crippen LogP contribution in [0, 0.1) is 11.8 Å². The van der Waals surface area contributed by atoms with Crippen molar-refractivity contribution >= 4 is 16.7 Å². The smallest absolute Gasteiger partial charge is 0.163 e. The number of fused-ring (bicyclic) bond motifs is 1. The molecular formula is C20H26N2O2. The molecule has 1 aliphatic heterocycles. The number of ketones is 1. The van der Waals surface area contributed by atoms with Gasteiger partial charge in [-0.1, -0.05) is 13.3 Å². The van der Waals surface area contributed by atoms with Gasteiger partial charge in [0.2, 0.25) is 0 Å². The number of hydrogen-bond donors (Lipinski definition) is 1. The van der Waals surface area contributed by atoms with Gasteiger partial charge in [-0.3, -0.25) is 9.78 Å². The van der Waals surface area contributed by atoms with Crippen molar-refractivity contribution < 1.29 is 9.53 Å². The second-order valence-electron chi connectivity index (χ2n) is 6.62. The van der Waals surface area contributed by atoms with Gasteiger partial charge < -0.3 is 10.1 Å². The average Bonchev–Trinajstić information content (AvgIpc) is 2.65. The molecule has 0 saturated carbocycles. The molecule has 1 N–H and O–H groups in total. The molecule has 4 heteroatoms. The van der Waals surface area contributed by atoms with Crippen molar-refractivity contribution in [2.45, 2.75) is 32.6 Å². The minimum atomic E-state index is 0.212. The lowest BCUT2D eigenvalue weighted by Crippen LogP contribution is -2.36. The third-order valence-electron chi connectivity index (χ3n) is 5.28. The number of methoxy groups -OCH3 is 1. The Kier molecular flexibility index (Phi) is 5.46. The van der Waals surface area contributed by atoms with Crippen molar-refractivity contribution in [2.75, 3.05) is 20.2 Å². The van der Waals surface area contributed by atoms with Gasteiger partial charge in [0.1, 0.15) is 5.75 Å². The fourth-order valence-electron chi connectivity index (χ4n) is 3.78. The number of aromatic nitrogens is 1. The number of carbonyl (C=O) groups is 1. The van der Waals surface area contributed by atoms with Crippen LogP contribution in [-0.2, 0) is 0 Å². The maximum Gasteiger partial charge on any atom is 0.163 e. The maximum atomic E-state index is 12.8. The molecule has 0 radical (unpaired) electrons. The first-order chi connectivity index (χ1) is 11.7. The summed E-state index contributed by atoms with van der Waals surface area (Å²) in [6, 6.07) is 7.54. The average molecular weight is 326 g/mol. The molecule has 0 amide bonds. The van der Waals surface area contributed by atoms with E-state index in [-0.39, 0.29) is 5.78 Å². The molecule has 4 nitrogen and oxygen atoms in total. The Bertz CT molecular complexity index is 714. The normalized spacial score (nSPS) is 20.9. The summed E-state index contributed by atoms with van der Waals surface area (Å²) >= 11 is 0. The zero-order valence-corrected chi connectivity index (χ0v) is 14.5. The van der Waals surface area contributed by atoms with Crippen molar-refractivity contribution in [3.05, 3.63) is 36.0 Å². The van der Waals surface area contributed by atoms with Gasteiger partial charge >= 0.3 is 0 Å². The van der Waals surface area contributed by atoms with Crippen LogP contribution in [0.4, 0.5) is 0 Å². The van der Waals surface area contributed by atoms with Crippen LogP contribution >= 0.6 is 0 Å². The zero-order chi connectivity index (χ0) is 16.9. The molecule has 2 unspecified atom stereocenters. The summed E-state index contributed by atoms with van der Waals surface area (Å²) in [5.74, 6) is 2.32. The van der Waals surface area contributed by atoms with Crippen molar-refractivity contribution in [3.63, 3.8) is 0 Å². The van der Waals surface area contributed by atoms with Crippen LogP contribution in [0.1, 0.15) is 43.0 Å². The highest BCUT2D eigenvalue weighted by Crippen LogP contribution is 2.28. The van der Waals surface area contributed by atoms with E-state index < -0.39 is 0 Å². The van der Waals surface area contributed by atoms with Gasteiger partial charge in [-0.15, -0.1) is 0 Å². The molecule has 128 valence electrons. The van der Waals surface area contributed by atoms with E-state index in [0.29, 0.717) is 18.3 Å². The third-order valence-corrected chi connectivity index (χ3v) is 5.28. The highest BCUT2D eigenvalue weighted by molar-refractivity contribution is 6.07. The molecule has 1 aromatic heterocycles. The van der Waals surface area contributed by atoms with E-state index in [2.05, 4.69) is 17.2 Å². The minimum Gasteiger partial charge on any atom is -0.497 e. The number of nitrogens with one attached hydrogen (secondary N) is 1. The SMILES string of the molecule is CCC1CNCCC1CCC(=O)c1ccnc2ccc(OC)cc12. The molecule has 1 aliphatic rings. The lowest BCUT2D eigenvalue weighted by molar-refractivity contribution is 0.0963. The molecule has 2 aromatic rings. The van der Waals surface area contributed by atoms with Gasteiger partial charge in [0, 0.05) is 23.6 Å². The summed E-state index contributed by atoms with van der Waals surface area (Å²) < 4.78 is 5.29. The van der Waals surface area contributed by atoms with Gasteiger partial charge in [0.25, 0.3) is 0 Å². The topological polar surface area (TPSA) is 51.2 Å². The maximum absolute atomic E-state index is 12.8. The van der Waals surface area contributed by atoms with Crippen LogP contribution in [0.5, 0.6) is 5.75 Å². The summed E-state index contributed by atoms with van der Waals surface area (Å²) in [6.07, 6.45) is 5.67. The first-order valence-electron chi connectivity index (χ1n) is 8.89. The number of rotatable bonds is 6. The van der Waals surface area contributed by atoms with Crippen molar-refractivity contribution in [2.24, 2.45) is 11.8 Å². The third kappa shape index (κ3) is 3.59. The number of piperidine rings is 1. The van der Waals surface area contributed by atoms with Gasteiger partial charge in [0.05, 0.1) is 12.6 Å². The molecule has 0 spiro atoms. The Morgan fingerprint density at radius 1 is 1.33 bits per heavy atom. The molecule has 2 heterocycles. The van der Waals surface area contributed by atoms with E-state index in [1.807, 2.05) is 24.3 Å². The van der Waals surface area contributed by atoms with E-state index in [4.69, 9.17) is 4.74 Å². The van der Waals surface area contributed by atoms with Crippen LogP contribution < -0.4 is 10.1 Å². The van der Waals surface area contributed by atoms with Crippen LogP contribution in [-0.4, -0.2) is 31.0 Å². The lowest BCUT2D eigenvalue weighted by Gasteiger charge is -2.31. The van der Waals surface area contributed by atoms with E-state index in [0.717, 1.165) is 41.7 Å². The quantitative estimate of drug-likeness (QED) is 0.819. The summed E-state index contributed by atoms with van der Waals surface area (Å²) in [6.45, 7) is 4.41. The fraction of sp³-hybridized carbons (Fsp3) is 0.500. The number of carbonyl (C=O) groups excluding carboxylic acids is 1. The molecule has 1 fully saturated rings. The second-order valence-corrected chi connectivity index (χ2v) is 6.62. The monoisotopic (exact) mass is 326 g/mol. The van der Waals surface area contributed by atoms with E-state index in [9.17, 15) is 4.79 Å². The van der Waals surface area contributed by atoms with Gasteiger partial charge in [-0.05, 0) is 62.0 Å². The number of hydrogen-bond acceptors (Lipinski definition) is 4. The number of pyridine rings is 1. The predicted octanol–water partition coefficient (Wildman–Crippen LogP) is 3.84. The van der Waals surface area contributed by atoms with Crippen molar-refractivity contribution in [1.29, 1.82) is 0 Å². The standard InChI is InChI=1S/C20H26N2O2/c1-3-14-13-21-10-8-15(14)4-7-20(23)17-9-11-22-19-6-5-16(24-2)12-18(17)19/h5-6,9,11-12,14-15,21H,3-4,7-8,10,13H2,1-2H3. The number of ether oxygens (including phenoxy) is 1. The highest BCUT2D eigenvalue weighted by Gasteiger charge is 2.24. The molecule has 3 rings (SSSR count). The molecule has 0 bridgehead atoms. The van der Waals surface area contributed by atoms with E-state index >= 15 is 0 Å². The predicted molar refractivity (Wildman–Crippen MR) is 96.6 cm³/mol. The van der Waals surface area contributed by atoms with Gasteiger partial charge in [-0.2, -0.15) is 0 Å². The second kappa shape index (κ2) is 7.75. The Morgan fingerprint density at radius 3 is 3.00 bits per heavy atom. The Balaban J connectivity index is 1.76. The highest BCUT2D eigenvalue weighted by atomic mass is 16.5. The summed E-state index contributed by atoms with van der Waals surface area (Å²) in [7, 11) is 1.64. The number of Topliss-reactive ketones (excluding diaryl/α,β-unsaturated/α-hetero) is 1. The largest absolute Gasteiger partial charge is 0.497 e. The van der Waals surface area contributed by atoms with Crippen molar-refractivity contribution in [1.82, 2.24) is 10.3 Å². The summed E-state index contributed by atoms with van der Waals surface area (Å²) in [5.41, 5.74) is 1.61. The van der Waals surface area contributed by atoms with Crippen LogP contribution in [0.15, 0.2) is 30.5 Å². The van der Waals surface area contributed by atoms with Crippen LogP contribution in [0.25, 0.3) is 10.9 Å². The Morgan fingerprint density at radius 2 is 2.21 bits per heavy atom. The Hall–Kier alpha value is -1.94. The van der Waals surface area contributed by atoms with Crippen LogP contribution in [0.2, 0.25) is 0 Å². The lowest BCUT2D eigenvalue weighted by atomic mass is 9.81. The molecule has 0 aliphatic carbocycles. The van der Waals surface area contributed by atoms with E-state index in [1.54, 1.807) is 13.3 Å². The molecule has 2 atom stereocenters. The van der Waals surface area contributed by atoms with Gasteiger partial charge in [-0.25, -0.2) is 0 Å². The van der Waals surface area contributed by atoms with Crippen LogP contribution in [0.3, 0.4) is 0 Å². The molecule has 1 saturated heterocycles. The first-order valence-corrected chi connectivity index (χ1v) is 8.89. The minimum absolute atomic E-state index is 0.212. The summed E-state index contributed by atoms with van der Waals surface area (Å²) in [4.78, 5) is 17.2. The molecule has 24 heavy (non-hydrogen) atoms. The van der Waals surface area contributed by atoms with Crippen molar-refractivity contribution in [3.8, 4) is 5.75 Å². The Labute approximate surface area is 143 Å².